The number of pyridine rings is 1. The molecule has 0 aliphatic heterocycles. The van der Waals surface area contributed by atoms with E-state index in [2.05, 4.69) is 50.0 Å². The topological polar surface area (TPSA) is 37.4 Å². The van der Waals surface area contributed by atoms with Gasteiger partial charge in [-0.25, -0.2) is 4.98 Å². The minimum Gasteiger partial charge on any atom is -0.383 e. The van der Waals surface area contributed by atoms with Crippen LogP contribution in [0.1, 0.15) is 45.4 Å². The lowest BCUT2D eigenvalue weighted by Gasteiger charge is -2.28. The fourth-order valence-corrected chi connectivity index (χ4v) is 2.30. The third-order valence-electron chi connectivity index (χ3n) is 3.50. The molecular formula is C17H31N3O. The number of nitrogens with zero attached hydrogens (tertiary/aromatic N) is 2. The molecule has 0 amide bonds. The molecule has 0 radical (unpaired) electrons. The van der Waals surface area contributed by atoms with Crippen molar-refractivity contribution in [3.05, 3.63) is 23.4 Å². The molecular weight excluding hydrogens is 262 g/mol. The monoisotopic (exact) mass is 293 g/mol. The van der Waals surface area contributed by atoms with Gasteiger partial charge in [0.25, 0.3) is 0 Å². The number of anilines is 1. The standard InChI is InChI=1S/C17H31N3O/c1-6-8-18-13-15-11-16(7-2)19-17(12-15)20(14(3)4)9-10-21-5/h11-12,14,18H,6-10,13H2,1-5H3. The molecule has 1 aromatic rings. The lowest BCUT2D eigenvalue weighted by Crippen LogP contribution is -2.34. The van der Waals surface area contributed by atoms with Gasteiger partial charge in [-0.05, 0) is 50.9 Å². The summed E-state index contributed by atoms with van der Waals surface area (Å²) in [7, 11) is 1.74. The average molecular weight is 293 g/mol. The van der Waals surface area contributed by atoms with Crippen LogP contribution in [0.4, 0.5) is 5.82 Å². The molecule has 1 rings (SSSR count). The predicted molar refractivity (Wildman–Crippen MR) is 90.0 cm³/mol. The maximum Gasteiger partial charge on any atom is 0.129 e. The quantitative estimate of drug-likeness (QED) is 0.673. The summed E-state index contributed by atoms with van der Waals surface area (Å²) in [4.78, 5) is 7.11. The van der Waals surface area contributed by atoms with E-state index < -0.39 is 0 Å². The van der Waals surface area contributed by atoms with Crippen LogP contribution >= 0.6 is 0 Å². The van der Waals surface area contributed by atoms with Gasteiger partial charge in [0, 0.05) is 31.9 Å². The van der Waals surface area contributed by atoms with Crippen molar-refractivity contribution in [2.24, 2.45) is 0 Å². The number of methoxy groups -OCH3 is 1. The minimum atomic E-state index is 0.413. The summed E-state index contributed by atoms with van der Waals surface area (Å²) in [6.07, 6.45) is 2.12. The highest BCUT2D eigenvalue weighted by Gasteiger charge is 2.13. The van der Waals surface area contributed by atoms with E-state index in [9.17, 15) is 0 Å². The number of rotatable bonds is 10. The number of ether oxygens (including phenoxy) is 1. The van der Waals surface area contributed by atoms with Crippen LogP contribution in [-0.2, 0) is 17.7 Å². The van der Waals surface area contributed by atoms with Crippen molar-refractivity contribution in [3.63, 3.8) is 0 Å². The summed E-state index contributed by atoms with van der Waals surface area (Å²) < 4.78 is 5.23. The normalized spacial score (nSPS) is 11.1. The van der Waals surface area contributed by atoms with E-state index in [4.69, 9.17) is 9.72 Å². The molecule has 120 valence electrons. The Morgan fingerprint density at radius 1 is 1.29 bits per heavy atom. The van der Waals surface area contributed by atoms with Crippen molar-refractivity contribution in [3.8, 4) is 0 Å². The number of aromatic nitrogens is 1. The van der Waals surface area contributed by atoms with E-state index in [0.717, 1.165) is 50.6 Å². The smallest absolute Gasteiger partial charge is 0.129 e. The maximum absolute atomic E-state index is 5.23. The Balaban J connectivity index is 2.93. The van der Waals surface area contributed by atoms with E-state index >= 15 is 0 Å². The second-order valence-electron chi connectivity index (χ2n) is 5.64. The minimum absolute atomic E-state index is 0.413. The van der Waals surface area contributed by atoms with Crippen molar-refractivity contribution in [2.45, 2.75) is 53.1 Å². The van der Waals surface area contributed by atoms with Crippen molar-refractivity contribution in [1.29, 1.82) is 0 Å². The van der Waals surface area contributed by atoms with E-state index in [0.29, 0.717) is 6.04 Å². The van der Waals surface area contributed by atoms with Crippen molar-refractivity contribution in [1.82, 2.24) is 10.3 Å². The third-order valence-corrected chi connectivity index (χ3v) is 3.50. The molecule has 1 N–H and O–H groups in total. The van der Waals surface area contributed by atoms with Crippen LogP contribution in [0.3, 0.4) is 0 Å². The highest BCUT2D eigenvalue weighted by molar-refractivity contribution is 5.43. The summed E-state index contributed by atoms with van der Waals surface area (Å²) in [5, 5.41) is 3.47. The Bertz CT molecular complexity index is 407. The fraction of sp³-hybridized carbons (Fsp3) is 0.706. The molecule has 0 bridgehead atoms. The maximum atomic E-state index is 5.23. The molecule has 0 unspecified atom stereocenters. The Labute approximate surface area is 129 Å². The van der Waals surface area contributed by atoms with Gasteiger partial charge in [-0.1, -0.05) is 13.8 Å². The first kappa shape index (κ1) is 17.9. The van der Waals surface area contributed by atoms with E-state index in [1.807, 2.05) is 0 Å². The molecule has 0 aliphatic carbocycles. The second-order valence-corrected chi connectivity index (χ2v) is 5.64. The molecule has 0 saturated carbocycles. The molecule has 1 heterocycles. The average Bonchev–Trinajstić information content (AvgIpc) is 2.47. The highest BCUT2D eigenvalue weighted by atomic mass is 16.5. The molecule has 0 spiro atoms. The van der Waals surface area contributed by atoms with Gasteiger partial charge < -0.3 is 15.0 Å². The van der Waals surface area contributed by atoms with Gasteiger partial charge in [0.2, 0.25) is 0 Å². The zero-order chi connectivity index (χ0) is 15.7. The number of aryl methyl sites for hydroxylation is 1. The molecule has 21 heavy (non-hydrogen) atoms. The second kappa shape index (κ2) is 9.74. The van der Waals surface area contributed by atoms with Crippen molar-refractivity contribution >= 4 is 5.82 Å². The van der Waals surface area contributed by atoms with Crippen LogP contribution in [0, 0.1) is 0 Å². The molecule has 4 heteroatoms. The fourth-order valence-electron chi connectivity index (χ4n) is 2.30. The SMILES string of the molecule is CCCNCc1cc(CC)nc(N(CCOC)C(C)C)c1. The van der Waals surface area contributed by atoms with Crippen LogP contribution in [0.5, 0.6) is 0 Å². The van der Waals surface area contributed by atoms with E-state index in [-0.39, 0.29) is 0 Å². The highest BCUT2D eigenvalue weighted by Crippen LogP contribution is 2.18. The summed E-state index contributed by atoms with van der Waals surface area (Å²) >= 11 is 0. The van der Waals surface area contributed by atoms with Gasteiger partial charge in [-0.2, -0.15) is 0 Å². The van der Waals surface area contributed by atoms with Gasteiger partial charge >= 0.3 is 0 Å². The summed E-state index contributed by atoms with van der Waals surface area (Å²) in [5.74, 6) is 1.06. The summed E-state index contributed by atoms with van der Waals surface area (Å²) in [5.41, 5.74) is 2.47. The van der Waals surface area contributed by atoms with Crippen molar-refractivity contribution < 1.29 is 4.74 Å². The molecule has 0 aromatic carbocycles. The van der Waals surface area contributed by atoms with Crippen molar-refractivity contribution in [2.75, 3.05) is 31.7 Å². The molecule has 0 aliphatic rings. The first-order chi connectivity index (χ1) is 10.1. The molecule has 4 nitrogen and oxygen atoms in total. The Kier molecular flexibility index (Phi) is 8.31. The Morgan fingerprint density at radius 3 is 2.62 bits per heavy atom. The van der Waals surface area contributed by atoms with Gasteiger partial charge in [0.05, 0.1) is 6.61 Å². The molecule has 0 saturated heterocycles. The number of nitrogens with one attached hydrogen (secondary N) is 1. The number of hydrogen-bond donors (Lipinski definition) is 1. The van der Waals surface area contributed by atoms with E-state index in [1.54, 1.807) is 7.11 Å². The van der Waals surface area contributed by atoms with Gasteiger partial charge in [-0.15, -0.1) is 0 Å². The van der Waals surface area contributed by atoms with Crippen LogP contribution in [0.2, 0.25) is 0 Å². The summed E-state index contributed by atoms with van der Waals surface area (Å²) in [6.45, 7) is 12.3. The largest absolute Gasteiger partial charge is 0.383 e. The number of hydrogen-bond acceptors (Lipinski definition) is 4. The van der Waals surface area contributed by atoms with Crippen LogP contribution in [0.25, 0.3) is 0 Å². The summed E-state index contributed by atoms with van der Waals surface area (Å²) in [6, 6.07) is 4.83. The van der Waals surface area contributed by atoms with Gasteiger partial charge in [0.15, 0.2) is 0 Å². The molecule has 1 aromatic heterocycles. The van der Waals surface area contributed by atoms with Crippen LogP contribution in [0.15, 0.2) is 12.1 Å². The van der Waals surface area contributed by atoms with E-state index in [1.165, 1.54) is 5.56 Å². The third kappa shape index (κ3) is 6.02. The predicted octanol–water partition coefficient (Wildman–Crippen LogP) is 3.00. The Hall–Kier alpha value is -1.13. The Morgan fingerprint density at radius 2 is 2.05 bits per heavy atom. The lowest BCUT2D eigenvalue weighted by atomic mass is 10.1. The zero-order valence-corrected chi connectivity index (χ0v) is 14.3. The first-order valence-electron chi connectivity index (χ1n) is 8.08. The molecule has 0 atom stereocenters. The molecule has 0 fully saturated rings. The van der Waals surface area contributed by atoms with Gasteiger partial charge in [0.1, 0.15) is 5.82 Å². The van der Waals surface area contributed by atoms with Crippen LogP contribution in [-0.4, -0.2) is 37.8 Å². The lowest BCUT2D eigenvalue weighted by molar-refractivity contribution is 0.203. The first-order valence-corrected chi connectivity index (χ1v) is 8.08. The van der Waals surface area contributed by atoms with Crippen LogP contribution < -0.4 is 10.2 Å². The van der Waals surface area contributed by atoms with Gasteiger partial charge in [-0.3, -0.25) is 0 Å². The zero-order valence-electron chi connectivity index (χ0n) is 14.3.